The van der Waals surface area contributed by atoms with Crippen LogP contribution in [0.15, 0.2) is 18.3 Å². The van der Waals surface area contributed by atoms with Gasteiger partial charge in [-0.05, 0) is 43.2 Å². The van der Waals surface area contributed by atoms with Crippen LogP contribution in [0.2, 0.25) is 0 Å². The zero-order valence-electron chi connectivity index (χ0n) is 16.0. The molecule has 8 heteroatoms. The molecule has 0 saturated carbocycles. The Kier molecular flexibility index (Phi) is 9.81. The summed E-state index contributed by atoms with van der Waals surface area (Å²) in [5, 5.41) is 3.04. The smallest absolute Gasteiger partial charge is 0.227 e. The maximum absolute atomic E-state index is 12.6. The standard InChI is InChI=1S/C19H30N4O2.2ClH/c1-15-4-8-23(9-5-15)17-3-2-16(12-21-17)13-22-18(24)19(14-20)6-10-25-11-7-19;;/h2-3,12,15H,4-11,13-14,20H2,1H3,(H,22,24);2*1H. The van der Waals surface area contributed by atoms with Gasteiger partial charge in [0.15, 0.2) is 0 Å². The summed E-state index contributed by atoms with van der Waals surface area (Å²) in [5.41, 5.74) is 6.43. The predicted molar refractivity (Wildman–Crippen MR) is 113 cm³/mol. The fourth-order valence-electron chi connectivity index (χ4n) is 3.60. The van der Waals surface area contributed by atoms with E-state index in [-0.39, 0.29) is 30.7 Å². The molecular formula is C19H32Cl2N4O2. The van der Waals surface area contributed by atoms with Gasteiger partial charge in [-0.3, -0.25) is 4.79 Å². The molecule has 0 unspecified atom stereocenters. The molecule has 1 aromatic heterocycles. The number of nitrogens with two attached hydrogens (primary N) is 1. The Morgan fingerprint density at radius 2 is 1.96 bits per heavy atom. The van der Waals surface area contributed by atoms with Crippen molar-refractivity contribution >= 4 is 36.5 Å². The zero-order chi connectivity index (χ0) is 17.7. The Hall–Kier alpha value is -1.08. The van der Waals surface area contributed by atoms with Gasteiger partial charge in [-0.25, -0.2) is 4.98 Å². The monoisotopic (exact) mass is 418 g/mol. The number of nitrogens with one attached hydrogen (secondary N) is 1. The van der Waals surface area contributed by atoms with Gasteiger partial charge in [0, 0.05) is 45.6 Å². The minimum Gasteiger partial charge on any atom is -0.381 e. The first-order chi connectivity index (χ1) is 12.1. The summed E-state index contributed by atoms with van der Waals surface area (Å²) >= 11 is 0. The van der Waals surface area contributed by atoms with Crippen molar-refractivity contribution in [1.29, 1.82) is 0 Å². The van der Waals surface area contributed by atoms with Crippen molar-refractivity contribution in [1.82, 2.24) is 10.3 Å². The predicted octanol–water partition coefficient (Wildman–Crippen LogP) is 2.53. The zero-order valence-corrected chi connectivity index (χ0v) is 17.6. The highest BCUT2D eigenvalue weighted by Crippen LogP contribution is 2.29. The molecule has 2 saturated heterocycles. The maximum atomic E-state index is 12.6. The largest absolute Gasteiger partial charge is 0.381 e. The number of aromatic nitrogens is 1. The van der Waals surface area contributed by atoms with Gasteiger partial charge in [-0.1, -0.05) is 13.0 Å². The van der Waals surface area contributed by atoms with Crippen LogP contribution in [0.5, 0.6) is 0 Å². The normalized spacial score (nSPS) is 19.6. The lowest BCUT2D eigenvalue weighted by atomic mass is 9.79. The lowest BCUT2D eigenvalue weighted by Gasteiger charge is -2.34. The Morgan fingerprint density at radius 1 is 1.30 bits per heavy atom. The van der Waals surface area contributed by atoms with E-state index in [2.05, 4.69) is 34.3 Å². The SMILES string of the molecule is CC1CCN(c2ccc(CNC(=O)C3(CN)CCOCC3)cn2)CC1.Cl.Cl. The van der Waals surface area contributed by atoms with Gasteiger partial charge in [0.2, 0.25) is 5.91 Å². The molecule has 3 N–H and O–H groups in total. The molecule has 2 aliphatic heterocycles. The number of ether oxygens (including phenoxy) is 1. The Balaban J connectivity index is 0.00000182. The summed E-state index contributed by atoms with van der Waals surface area (Å²) in [5.74, 6) is 1.88. The summed E-state index contributed by atoms with van der Waals surface area (Å²) in [6, 6.07) is 4.12. The molecule has 0 spiro atoms. The van der Waals surface area contributed by atoms with E-state index in [1.54, 1.807) is 0 Å². The molecule has 0 radical (unpaired) electrons. The number of carbonyl (C=O) groups is 1. The number of hydrogen-bond acceptors (Lipinski definition) is 5. The molecule has 154 valence electrons. The van der Waals surface area contributed by atoms with Crippen LogP contribution in [0.25, 0.3) is 0 Å². The number of hydrogen-bond donors (Lipinski definition) is 2. The van der Waals surface area contributed by atoms with Crippen LogP contribution < -0.4 is 16.0 Å². The van der Waals surface area contributed by atoms with Gasteiger partial charge in [0.1, 0.15) is 5.82 Å². The van der Waals surface area contributed by atoms with Crippen LogP contribution in [0.4, 0.5) is 5.82 Å². The van der Waals surface area contributed by atoms with E-state index in [4.69, 9.17) is 10.5 Å². The van der Waals surface area contributed by atoms with Crippen molar-refractivity contribution in [2.75, 3.05) is 37.7 Å². The number of piperidine rings is 1. The molecule has 27 heavy (non-hydrogen) atoms. The number of amides is 1. The molecule has 0 bridgehead atoms. The number of carbonyl (C=O) groups excluding carboxylic acids is 1. The van der Waals surface area contributed by atoms with E-state index in [1.165, 1.54) is 12.8 Å². The quantitative estimate of drug-likeness (QED) is 0.767. The molecule has 0 aromatic carbocycles. The van der Waals surface area contributed by atoms with Crippen LogP contribution in [0.3, 0.4) is 0 Å². The Labute approximate surface area is 174 Å². The third-order valence-electron chi connectivity index (χ3n) is 5.69. The number of pyridine rings is 1. The van der Waals surface area contributed by atoms with Gasteiger partial charge in [-0.15, -0.1) is 24.8 Å². The van der Waals surface area contributed by atoms with Crippen LogP contribution >= 0.6 is 24.8 Å². The van der Waals surface area contributed by atoms with Crippen molar-refractivity contribution < 1.29 is 9.53 Å². The van der Waals surface area contributed by atoms with E-state index < -0.39 is 5.41 Å². The summed E-state index contributed by atoms with van der Waals surface area (Å²) in [4.78, 5) is 19.5. The molecule has 0 aliphatic carbocycles. The van der Waals surface area contributed by atoms with E-state index >= 15 is 0 Å². The second-order valence-corrected chi connectivity index (χ2v) is 7.47. The first kappa shape index (κ1) is 24.0. The van der Waals surface area contributed by atoms with Gasteiger partial charge >= 0.3 is 0 Å². The summed E-state index contributed by atoms with van der Waals surface area (Å²) in [6.07, 6.45) is 5.71. The van der Waals surface area contributed by atoms with Crippen LogP contribution in [0, 0.1) is 11.3 Å². The van der Waals surface area contributed by atoms with Gasteiger partial charge in [-0.2, -0.15) is 0 Å². The molecule has 3 heterocycles. The molecule has 2 fully saturated rings. The first-order valence-electron chi connectivity index (χ1n) is 9.39. The Morgan fingerprint density at radius 3 is 2.52 bits per heavy atom. The van der Waals surface area contributed by atoms with E-state index in [9.17, 15) is 4.79 Å². The lowest BCUT2D eigenvalue weighted by Crippen LogP contribution is -2.48. The summed E-state index contributed by atoms with van der Waals surface area (Å²) in [6.45, 7) is 6.53. The number of nitrogens with zero attached hydrogens (tertiary/aromatic N) is 2. The molecular weight excluding hydrogens is 387 g/mol. The molecule has 1 amide bonds. The second-order valence-electron chi connectivity index (χ2n) is 7.47. The van der Waals surface area contributed by atoms with Crippen LogP contribution in [0.1, 0.15) is 38.2 Å². The molecule has 2 aliphatic rings. The van der Waals surface area contributed by atoms with Gasteiger partial charge in [0.05, 0.1) is 5.41 Å². The highest BCUT2D eigenvalue weighted by Gasteiger charge is 2.38. The van der Waals surface area contributed by atoms with Crippen LogP contribution in [-0.2, 0) is 16.1 Å². The first-order valence-corrected chi connectivity index (χ1v) is 9.39. The van der Waals surface area contributed by atoms with Crippen molar-refractivity contribution in [2.24, 2.45) is 17.1 Å². The third kappa shape index (κ3) is 5.95. The van der Waals surface area contributed by atoms with E-state index in [1.807, 2.05) is 6.20 Å². The van der Waals surface area contributed by atoms with E-state index in [0.717, 1.165) is 30.4 Å². The average Bonchev–Trinajstić information content (AvgIpc) is 2.67. The summed E-state index contributed by atoms with van der Waals surface area (Å²) < 4.78 is 5.37. The molecule has 1 aromatic rings. The maximum Gasteiger partial charge on any atom is 0.227 e. The number of halogens is 2. The Bertz CT molecular complexity index is 572. The fourth-order valence-corrected chi connectivity index (χ4v) is 3.60. The molecule has 0 atom stereocenters. The van der Waals surface area contributed by atoms with Crippen molar-refractivity contribution in [3.8, 4) is 0 Å². The highest BCUT2D eigenvalue weighted by molar-refractivity contribution is 5.85. The number of anilines is 1. The van der Waals surface area contributed by atoms with Crippen molar-refractivity contribution in [3.63, 3.8) is 0 Å². The molecule has 6 nitrogen and oxygen atoms in total. The van der Waals surface area contributed by atoms with Crippen molar-refractivity contribution in [3.05, 3.63) is 23.9 Å². The lowest BCUT2D eigenvalue weighted by molar-refractivity contribution is -0.136. The highest BCUT2D eigenvalue weighted by atomic mass is 35.5. The average molecular weight is 419 g/mol. The number of rotatable bonds is 5. The van der Waals surface area contributed by atoms with Crippen LogP contribution in [-0.4, -0.2) is 43.7 Å². The van der Waals surface area contributed by atoms with E-state index in [0.29, 0.717) is 39.1 Å². The van der Waals surface area contributed by atoms with Gasteiger partial charge in [0.25, 0.3) is 0 Å². The van der Waals surface area contributed by atoms with Gasteiger partial charge < -0.3 is 20.7 Å². The second kappa shape index (κ2) is 11.1. The van der Waals surface area contributed by atoms with Crippen molar-refractivity contribution in [2.45, 2.75) is 39.2 Å². The minimum atomic E-state index is -0.476. The fraction of sp³-hybridized carbons (Fsp3) is 0.684. The minimum absolute atomic E-state index is 0. The summed E-state index contributed by atoms with van der Waals surface area (Å²) in [7, 11) is 0. The topological polar surface area (TPSA) is 80.5 Å². The third-order valence-corrected chi connectivity index (χ3v) is 5.69. The molecule has 3 rings (SSSR count).